The molecule has 9 nitrogen and oxygen atoms in total. The highest BCUT2D eigenvalue weighted by Crippen LogP contribution is 2.27. The van der Waals surface area contributed by atoms with Gasteiger partial charge in [0.2, 0.25) is 5.95 Å². The molecule has 0 aliphatic heterocycles. The number of nitrogen functional groups attached to an aromatic ring is 1. The summed E-state index contributed by atoms with van der Waals surface area (Å²) in [7, 11) is 0. The molecular weight excluding hydrogens is 419 g/mol. The van der Waals surface area contributed by atoms with Crippen molar-refractivity contribution in [1.29, 1.82) is 0 Å². The molecule has 29 heavy (non-hydrogen) atoms. The number of phenols is 2. The lowest BCUT2D eigenvalue weighted by atomic mass is 10.1. The van der Waals surface area contributed by atoms with Gasteiger partial charge in [0.15, 0.2) is 11.5 Å². The Bertz CT molecular complexity index is 1090. The lowest BCUT2D eigenvalue weighted by Gasteiger charge is -2.06. The van der Waals surface area contributed by atoms with Gasteiger partial charge >= 0.3 is 0 Å². The van der Waals surface area contributed by atoms with Crippen LogP contribution in [-0.4, -0.2) is 42.7 Å². The van der Waals surface area contributed by atoms with Gasteiger partial charge in [0.05, 0.1) is 10.0 Å². The number of nitrogens with zero attached hydrogens (tertiary/aromatic N) is 5. The van der Waals surface area contributed by atoms with Crippen LogP contribution in [0.15, 0.2) is 46.4 Å². The summed E-state index contributed by atoms with van der Waals surface area (Å²) in [6.07, 6.45) is 1.34. The van der Waals surface area contributed by atoms with Gasteiger partial charge in [-0.15, -0.1) is 0 Å². The third kappa shape index (κ3) is 5.17. The molecule has 0 saturated carbocycles. The van der Waals surface area contributed by atoms with E-state index in [0.29, 0.717) is 21.2 Å². The number of aliphatic hydroxyl groups excluding tert-OH is 1. The molecule has 11 heteroatoms. The Morgan fingerprint density at radius 3 is 2.24 bits per heavy atom. The first kappa shape index (κ1) is 20.5. The number of aliphatic hydroxyl groups is 1. The number of nitrogens with two attached hydrogens (primary N) is 1. The van der Waals surface area contributed by atoms with Crippen LogP contribution in [0, 0.1) is 0 Å². The average Bonchev–Trinajstić information content (AvgIpc) is 2.67. The maximum absolute atomic E-state index is 10.1. The van der Waals surface area contributed by atoms with Crippen molar-refractivity contribution in [3.63, 3.8) is 0 Å². The molecule has 0 saturated heterocycles. The second-order valence-corrected chi connectivity index (χ2v) is 6.47. The third-order valence-corrected chi connectivity index (χ3v) is 4.27. The molecule has 0 amide bonds. The molecule has 0 aliphatic rings. The standard InChI is InChI=1S/C18H14Cl2N6O3/c19-11-2-1-3-12(20)10(11)7-22-17-24-16(21)25-18(26-17)23-8-15(29)9-4-5-13(27)14(28)6-9/h1-8,15,27-29H,(H2,21,24,25,26)/b22-7+,23-8+. The fourth-order valence-corrected chi connectivity index (χ4v) is 2.68. The van der Waals surface area contributed by atoms with Crippen LogP contribution < -0.4 is 5.73 Å². The molecule has 148 valence electrons. The minimum atomic E-state index is -1.19. The van der Waals surface area contributed by atoms with Crippen molar-refractivity contribution in [2.75, 3.05) is 5.73 Å². The Labute approximate surface area is 174 Å². The Morgan fingerprint density at radius 1 is 0.931 bits per heavy atom. The predicted octanol–water partition coefficient (Wildman–Crippen LogP) is 3.36. The minimum absolute atomic E-state index is 0.0302. The number of benzene rings is 2. The molecule has 0 spiro atoms. The number of hydrogen-bond acceptors (Lipinski definition) is 9. The molecule has 2 aromatic carbocycles. The normalized spacial score (nSPS) is 12.7. The average molecular weight is 433 g/mol. The number of hydrogen-bond donors (Lipinski definition) is 4. The topological polar surface area (TPSA) is 150 Å². The van der Waals surface area contributed by atoms with Gasteiger partial charge in [-0.05, 0) is 29.8 Å². The van der Waals surface area contributed by atoms with Crippen molar-refractivity contribution < 1.29 is 15.3 Å². The second-order valence-electron chi connectivity index (χ2n) is 5.66. The van der Waals surface area contributed by atoms with Crippen LogP contribution in [0.2, 0.25) is 10.0 Å². The largest absolute Gasteiger partial charge is 0.504 e. The molecule has 1 aromatic heterocycles. The monoisotopic (exact) mass is 432 g/mol. The Kier molecular flexibility index (Phi) is 6.23. The number of aromatic nitrogens is 3. The van der Waals surface area contributed by atoms with Crippen LogP contribution in [0.5, 0.6) is 11.5 Å². The van der Waals surface area contributed by atoms with E-state index in [1.54, 1.807) is 18.2 Å². The smallest absolute Gasteiger partial charge is 0.256 e. The van der Waals surface area contributed by atoms with Crippen LogP contribution in [-0.2, 0) is 0 Å². The van der Waals surface area contributed by atoms with Gasteiger partial charge < -0.3 is 21.1 Å². The molecule has 1 heterocycles. The number of halogens is 2. The van der Waals surface area contributed by atoms with E-state index in [1.807, 2.05) is 0 Å². The van der Waals surface area contributed by atoms with E-state index in [9.17, 15) is 15.3 Å². The number of anilines is 1. The molecule has 1 atom stereocenters. The lowest BCUT2D eigenvalue weighted by molar-refractivity contribution is 0.251. The highest BCUT2D eigenvalue weighted by Gasteiger charge is 2.09. The third-order valence-electron chi connectivity index (χ3n) is 3.61. The van der Waals surface area contributed by atoms with Crippen molar-refractivity contribution in [2.24, 2.45) is 9.98 Å². The van der Waals surface area contributed by atoms with E-state index >= 15 is 0 Å². The summed E-state index contributed by atoms with van der Waals surface area (Å²) in [5, 5.41) is 29.8. The van der Waals surface area contributed by atoms with Crippen LogP contribution in [0.25, 0.3) is 0 Å². The van der Waals surface area contributed by atoms with E-state index < -0.39 is 6.10 Å². The second kappa shape index (κ2) is 8.82. The summed E-state index contributed by atoms with van der Waals surface area (Å²) in [5.41, 5.74) is 6.45. The Hall–Kier alpha value is -3.27. The molecule has 0 fully saturated rings. The zero-order chi connectivity index (χ0) is 21.0. The van der Waals surface area contributed by atoms with Gasteiger partial charge in [0, 0.05) is 18.0 Å². The summed E-state index contributed by atoms with van der Waals surface area (Å²) in [6, 6.07) is 8.90. The highest BCUT2D eigenvalue weighted by atomic mass is 35.5. The highest BCUT2D eigenvalue weighted by molar-refractivity contribution is 6.38. The minimum Gasteiger partial charge on any atom is -0.504 e. The van der Waals surface area contributed by atoms with Crippen LogP contribution in [0.1, 0.15) is 17.2 Å². The summed E-state index contributed by atoms with van der Waals surface area (Å²) in [6.45, 7) is 0. The van der Waals surface area contributed by atoms with Crippen molar-refractivity contribution in [1.82, 2.24) is 15.0 Å². The molecule has 0 aliphatic carbocycles. The van der Waals surface area contributed by atoms with E-state index in [1.165, 1.54) is 24.4 Å². The predicted molar refractivity (Wildman–Crippen MR) is 111 cm³/mol. The zero-order valence-electron chi connectivity index (χ0n) is 14.6. The van der Waals surface area contributed by atoms with Crippen molar-refractivity contribution in [3.05, 3.63) is 57.6 Å². The van der Waals surface area contributed by atoms with Crippen LogP contribution in [0.4, 0.5) is 17.8 Å². The molecular formula is C18H14Cl2N6O3. The summed E-state index contributed by atoms with van der Waals surface area (Å²) in [4.78, 5) is 19.8. The number of rotatable bonds is 5. The van der Waals surface area contributed by atoms with E-state index in [4.69, 9.17) is 28.9 Å². The van der Waals surface area contributed by atoms with Gasteiger partial charge in [0.25, 0.3) is 11.9 Å². The lowest BCUT2D eigenvalue weighted by Crippen LogP contribution is -2.00. The number of aliphatic imine (C=N–C) groups is 2. The molecule has 5 N–H and O–H groups in total. The maximum Gasteiger partial charge on any atom is 0.256 e. The van der Waals surface area contributed by atoms with Crippen molar-refractivity contribution >= 4 is 53.5 Å². The summed E-state index contributed by atoms with van der Waals surface area (Å²) in [5.74, 6) is -0.908. The quantitative estimate of drug-likeness (QED) is 0.356. The van der Waals surface area contributed by atoms with Crippen LogP contribution in [0.3, 0.4) is 0 Å². The van der Waals surface area contributed by atoms with Crippen LogP contribution >= 0.6 is 23.2 Å². The fourth-order valence-electron chi connectivity index (χ4n) is 2.19. The fraction of sp³-hybridized carbons (Fsp3) is 0.0556. The van der Waals surface area contributed by atoms with Crippen molar-refractivity contribution in [3.8, 4) is 11.5 Å². The van der Waals surface area contributed by atoms with Gasteiger partial charge in [-0.25, -0.2) is 9.98 Å². The van der Waals surface area contributed by atoms with Gasteiger partial charge in [0.1, 0.15) is 6.10 Å². The SMILES string of the molecule is Nc1nc(/N=C/c2c(Cl)cccc2Cl)nc(/N=C/C(O)c2ccc(O)c(O)c2)n1. The zero-order valence-corrected chi connectivity index (χ0v) is 16.1. The number of phenolic OH excluding ortho intramolecular Hbond substituents is 2. The first-order valence-corrected chi connectivity index (χ1v) is 8.83. The van der Waals surface area contributed by atoms with Gasteiger partial charge in [-0.1, -0.05) is 35.3 Å². The van der Waals surface area contributed by atoms with E-state index in [2.05, 4.69) is 24.9 Å². The summed E-state index contributed by atoms with van der Waals surface area (Å²) >= 11 is 12.2. The first-order valence-electron chi connectivity index (χ1n) is 8.07. The molecule has 0 radical (unpaired) electrons. The van der Waals surface area contributed by atoms with E-state index in [0.717, 1.165) is 6.21 Å². The number of aromatic hydroxyl groups is 2. The first-order chi connectivity index (χ1) is 13.8. The maximum atomic E-state index is 10.1. The Balaban J connectivity index is 1.82. The molecule has 1 unspecified atom stereocenters. The van der Waals surface area contributed by atoms with Gasteiger partial charge in [-0.3, -0.25) is 0 Å². The molecule has 3 rings (SSSR count). The summed E-state index contributed by atoms with van der Waals surface area (Å²) < 4.78 is 0. The van der Waals surface area contributed by atoms with Crippen molar-refractivity contribution in [2.45, 2.75) is 6.10 Å². The van der Waals surface area contributed by atoms with Gasteiger partial charge in [-0.2, -0.15) is 15.0 Å². The Morgan fingerprint density at radius 2 is 1.59 bits per heavy atom. The molecule has 0 bridgehead atoms. The molecule has 3 aromatic rings. The van der Waals surface area contributed by atoms with E-state index in [-0.39, 0.29) is 29.3 Å².